The third-order valence-corrected chi connectivity index (χ3v) is 1.65. The SMILES string of the molecule is N#CSCC(=O)c1cnccn1. The van der Waals surface area contributed by atoms with Crippen LogP contribution >= 0.6 is 11.8 Å². The van der Waals surface area contributed by atoms with Crippen molar-refractivity contribution in [2.24, 2.45) is 0 Å². The number of hydrogen-bond acceptors (Lipinski definition) is 5. The molecule has 0 fully saturated rings. The van der Waals surface area contributed by atoms with Gasteiger partial charge in [-0.3, -0.25) is 9.78 Å². The number of aromatic nitrogens is 2. The minimum atomic E-state index is -0.172. The van der Waals surface area contributed by atoms with Gasteiger partial charge in [-0.25, -0.2) is 4.98 Å². The van der Waals surface area contributed by atoms with Gasteiger partial charge in [-0.2, -0.15) is 5.26 Å². The number of hydrogen-bond donors (Lipinski definition) is 0. The molecule has 0 aliphatic carbocycles. The van der Waals surface area contributed by atoms with Gasteiger partial charge in [-0.15, -0.1) is 0 Å². The Morgan fingerprint density at radius 1 is 1.67 bits per heavy atom. The molecular weight excluding hydrogens is 174 g/mol. The van der Waals surface area contributed by atoms with Gasteiger partial charge in [0.25, 0.3) is 0 Å². The molecule has 0 amide bonds. The summed E-state index contributed by atoms with van der Waals surface area (Å²) in [5.74, 6) is -0.0375. The predicted molar refractivity (Wildman–Crippen MR) is 44.4 cm³/mol. The van der Waals surface area contributed by atoms with E-state index in [4.69, 9.17) is 5.26 Å². The zero-order valence-electron chi connectivity index (χ0n) is 6.10. The van der Waals surface area contributed by atoms with Crippen LogP contribution in [0.15, 0.2) is 18.6 Å². The Morgan fingerprint density at radius 3 is 3.08 bits per heavy atom. The molecule has 4 nitrogen and oxygen atoms in total. The van der Waals surface area contributed by atoms with E-state index in [-0.39, 0.29) is 11.5 Å². The quantitative estimate of drug-likeness (QED) is 0.509. The highest BCUT2D eigenvalue weighted by Gasteiger charge is 2.05. The van der Waals surface area contributed by atoms with Crippen LogP contribution in [0.4, 0.5) is 0 Å². The Balaban J connectivity index is 2.61. The van der Waals surface area contributed by atoms with E-state index in [1.54, 1.807) is 0 Å². The molecule has 0 saturated heterocycles. The fourth-order valence-corrected chi connectivity index (χ4v) is 0.958. The number of nitriles is 1. The molecule has 0 N–H and O–H groups in total. The lowest BCUT2D eigenvalue weighted by molar-refractivity contribution is 0.101. The van der Waals surface area contributed by atoms with Crippen molar-refractivity contribution in [3.05, 3.63) is 24.3 Å². The van der Waals surface area contributed by atoms with Crippen molar-refractivity contribution in [3.63, 3.8) is 0 Å². The molecule has 0 aromatic carbocycles. The van der Waals surface area contributed by atoms with Gasteiger partial charge in [0.05, 0.1) is 11.9 Å². The molecule has 1 heterocycles. The summed E-state index contributed by atoms with van der Waals surface area (Å²) in [6.07, 6.45) is 4.33. The van der Waals surface area contributed by atoms with E-state index >= 15 is 0 Å². The number of nitrogens with zero attached hydrogens (tertiary/aromatic N) is 3. The zero-order valence-corrected chi connectivity index (χ0v) is 6.91. The fraction of sp³-hybridized carbons (Fsp3) is 0.143. The fourth-order valence-electron chi connectivity index (χ4n) is 0.615. The van der Waals surface area contributed by atoms with Crippen molar-refractivity contribution < 1.29 is 4.79 Å². The molecule has 5 heteroatoms. The molecule has 0 aliphatic rings. The van der Waals surface area contributed by atoms with E-state index < -0.39 is 0 Å². The van der Waals surface area contributed by atoms with Crippen molar-refractivity contribution in [2.75, 3.05) is 5.75 Å². The monoisotopic (exact) mass is 179 g/mol. The third-order valence-electron chi connectivity index (χ3n) is 1.12. The van der Waals surface area contributed by atoms with E-state index in [9.17, 15) is 4.79 Å². The summed E-state index contributed by atoms with van der Waals surface area (Å²) < 4.78 is 0. The molecule has 1 aromatic rings. The minimum Gasteiger partial charge on any atom is -0.291 e. The van der Waals surface area contributed by atoms with E-state index in [0.717, 1.165) is 11.8 Å². The lowest BCUT2D eigenvalue weighted by atomic mass is 10.3. The number of thioether (sulfide) groups is 1. The summed E-state index contributed by atoms with van der Waals surface area (Å²) in [7, 11) is 0. The summed E-state index contributed by atoms with van der Waals surface area (Å²) in [4.78, 5) is 18.7. The second-order valence-corrected chi connectivity index (χ2v) is 2.65. The molecule has 1 aromatic heterocycles. The third kappa shape index (κ3) is 2.32. The van der Waals surface area contributed by atoms with Gasteiger partial charge in [0.1, 0.15) is 11.1 Å². The van der Waals surface area contributed by atoms with Crippen molar-refractivity contribution in [2.45, 2.75) is 0 Å². The minimum absolute atomic E-state index is 0.134. The van der Waals surface area contributed by atoms with Crippen LogP contribution in [0.3, 0.4) is 0 Å². The van der Waals surface area contributed by atoms with Crippen LogP contribution in [-0.2, 0) is 0 Å². The van der Waals surface area contributed by atoms with Gasteiger partial charge in [-0.1, -0.05) is 0 Å². The maximum atomic E-state index is 11.1. The molecule has 60 valence electrons. The lowest BCUT2D eigenvalue weighted by Gasteiger charge is -1.93. The van der Waals surface area contributed by atoms with Crippen LogP contribution in [0.25, 0.3) is 0 Å². The van der Waals surface area contributed by atoms with Crippen LogP contribution in [0.1, 0.15) is 10.5 Å². The first-order chi connectivity index (χ1) is 5.84. The molecule has 12 heavy (non-hydrogen) atoms. The zero-order chi connectivity index (χ0) is 8.81. The second-order valence-electron chi connectivity index (χ2n) is 1.89. The van der Waals surface area contributed by atoms with Gasteiger partial charge in [0, 0.05) is 12.4 Å². The average molecular weight is 179 g/mol. The predicted octanol–water partition coefficient (Wildman–Crippen LogP) is 0.874. The van der Waals surface area contributed by atoms with Gasteiger partial charge in [0.2, 0.25) is 0 Å². The number of ketones is 1. The number of thiocyanates is 1. The number of Topliss-reactive ketones (excluding diaryl/α,β-unsaturated/α-hetero) is 1. The molecule has 0 bridgehead atoms. The van der Waals surface area contributed by atoms with Crippen molar-refractivity contribution >= 4 is 17.5 Å². The van der Waals surface area contributed by atoms with Crippen LogP contribution in [0.5, 0.6) is 0 Å². The number of rotatable bonds is 3. The van der Waals surface area contributed by atoms with Crippen LogP contribution < -0.4 is 0 Å². The van der Waals surface area contributed by atoms with Crippen LogP contribution in [0, 0.1) is 10.7 Å². The standard InChI is InChI=1S/C7H5N3OS/c8-5-12-4-7(11)6-3-9-1-2-10-6/h1-3H,4H2. The normalized spacial score (nSPS) is 8.92. The highest BCUT2D eigenvalue weighted by molar-refractivity contribution is 8.04. The van der Waals surface area contributed by atoms with Gasteiger partial charge < -0.3 is 0 Å². The van der Waals surface area contributed by atoms with Gasteiger partial charge in [0.15, 0.2) is 5.78 Å². The first-order valence-corrected chi connectivity index (χ1v) is 4.13. The molecule has 0 spiro atoms. The van der Waals surface area contributed by atoms with Crippen molar-refractivity contribution in [3.8, 4) is 5.40 Å². The summed E-state index contributed by atoms with van der Waals surface area (Å²) in [5.41, 5.74) is 0.306. The number of carbonyl (C=O) groups is 1. The first kappa shape index (κ1) is 8.68. The van der Waals surface area contributed by atoms with E-state index in [0.29, 0.717) is 5.69 Å². The first-order valence-electron chi connectivity index (χ1n) is 3.14. The highest BCUT2D eigenvalue weighted by atomic mass is 32.2. The second kappa shape index (κ2) is 4.46. The van der Waals surface area contributed by atoms with Gasteiger partial charge in [-0.05, 0) is 11.8 Å². The Bertz CT molecular complexity index is 306. The molecule has 0 atom stereocenters. The highest BCUT2D eigenvalue weighted by Crippen LogP contribution is 2.01. The van der Waals surface area contributed by atoms with Crippen LogP contribution in [-0.4, -0.2) is 21.5 Å². The van der Waals surface area contributed by atoms with Gasteiger partial charge >= 0.3 is 0 Å². The molecule has 0 unspecified atom stereocenters. The molecule has 0 aliphatic heterocycles. The van der Waals surface area contributed by atoms with Crippen molar-refractivity contribution in [1.82, 2.24) is 9.97 Å². The number of carbonyl (C=O) groups excluding carboxylic acids is 1. The largest absolute Gasteiger partial charge is 0.291 e. The molecular formula is C7H5N3OS. The Morgan fingerprint density at radius 2 is 2.50 bits per heavy atom. The molecule has 1 rings (SSSR count). The Kier molecular flexibility index (Phi) is 3.23. The van der Waals surface area contributed by atoms with E-state index in [2.05, 4.69) is 9.97 Å². The maximum Gasteiger partial charge on any atom is 0.193 e. The lowest BCUT2D eigenvalue weighted by Crippen LogP contribution is -2.04. The maximum absolute atomic E-state index is 11.1. The van der Waals surface area contributed by atoms with Crippen molar-refractivity contribution in [1.29, 1.82) is 5.26 Å². The summed E-state index contributed by atoms with van der Waals surface area (Å²) in [6.45, 7) is 0. The Labute approximate surface area is 73.6 Å². The molecule has 0 saturated carbocycles. The summed E-state index contributed by atoms with van der Waals surface area (Å²) in [5, 5.41) is 10.0. The molecule has 0 radical (unpaired) electrons. The summed E-state index contributed by atoms with van der Waals surface area (Å²) >= 11 is 0.899. The van der Waals surface area contributed by atoms with Crippen LogP contribution in [0.2, 0.25) is 0 Å². The Hall–Kier alpha value is -1.41. The van der Waals surface area contributed by atoms with E-state index in [1.165, 1.54) is 18.6 Å². The topological polar surface area (TPSA) is 66.6 Å². The summed E-state index contributed by atoms with van der Waals surface area (Å²) in [6, 6.07) is 0. The van der Waals surface area contributed by atoms with E-state index in [1.807, 2.05) is 5.40 Å². The smallest absolute Gasteiger partial charge is 0.193 e. The average Bonchev–Trinajstić information content (AvgIpc) is 2.15.